The lowest BCUT2D eigenvalue weighted by molar-refractivity contribution is 0.0520. The third kappa shape index (κ3) is 6.84. The maximum Gasteiger partial charge on any atom is 0.407 e. The first-order chi connectivity index (χ1) is 13.2. The molecule has 2 N–H and O–H groups in total. The Morgan fingerprint density at radius 1 is 1.21 bits per heavy atom. The number of methoxy groups -OCH3 is 1. The summed E-state index contributed by atoms with van der Waals surface area (Å²) in [6.07, 6.45) is 0.980. The molecule has 0 fully saturated rings. The molecule has 0 bridgehead atoms. The number of alkyl carbamates (subject to hydrolysis) is 1. The fraction of sp³-hybridized carbons (Fsp3) is 0.350. The molecule has 2 aromatic rings. The van der Waals surface area contributed by atoms with Crippen LogP contribution >= 0.6 is 15.9 Å². The number of aromatic nitrogens is 1. The van der Waals surface area contributed by atoms with Gasteiger partial charge < -0.3 is 20.1 Å². The zero-order chi connectivity index (χ0) is 20.7. The Morgan fingerprint density at radius 3 is 2.61 bits per heavy atom. The minimum Gasteiger partial charge on any atom is -0.497 e. The van der Waals surface area contributed by atoms with Crippen LogP contribution in [0.2, 0.25) is 0 Å². The third-order valence-electron chi connectivity index (χ3n) is 3.61. The minimum absolute atomic E-state index is 0.141. The highest BCUT2D eigenvalue weighted by Crippen LogP contribution is 2.20. The van der Waals surface area contributed by atoms with Crippen molar-refractivity contribution in [2.75, 3.05) is 13.7 Å². The number of benzene rings is 1. The number of pyridine rings is 1. The molecule has 150 valence electrons. The number of halogens is 1. The van der Waals surface area contributed by atoms with Crippen molar-refractivity contribution in [2.24, 2.45) is 0 Å². The van der Waals surface area contributed by atoms with Gasteiger partial charge in [-0.15, -0.1) is 0 Å². The Hall–Kier alpha value is -2.61. The van der Waals surface area contributed by atoms with Crippen molar-refractivity contribution in [3.8, 4) is 5.75 Å². The minimum atomic E-state index is -0.612. The summed E-state index contributed by atoms with van der Waals surface area (Å²) in [7, 11) is 1.57. The average molecular weight is 450 g/mol. The maximum absolute atomic E-state index is 12.6. The van der Waals surface area contributed by atoms with Crippen molar-refractivity contribution in [3.05, 3.63) is 58.3 Å². The zero-order valence-corrected chi connectivity index (χ0v) is 17.9. The van der Waals surface area contributed by atoms with Gasteiger partial charge in [-0.25, -0.2) is 4.79 Å². The summed E-state index contributed by atoms with van der Waals surface area (Å²) in [6, 6.07) is 10.1. The highest BCUT2D eigenvalue weighted by Gasteiger charge is 2.21. The smallest absolute Gasteiger partial charge is 0.407 e. The van der Waals surface area contributed by atoms with Gasteiger partial charge in [-0.2, -0.15) is 0 Å². The van der Waals surface area contributed by atoms with Crippen LogP contribution < -0.4 is 15.4 Å². The SMILES string of the molecule is COc1cccc(C(CNC(=O)OC(C)(C)C)NC(=O)c2cc(Br)ccn2)c1. The second-order valence-corrected chi connectivity index (χ2v) is 7.96. The largest absolute Gasteiger partial charge is 0.497 e. The third-order valence-corrected chi connectivity index (χ3v) is 4.10. The van der Waals surface area contributed by atoms with Gasteiger partial charge in [0.2, 0.25) is 0 Å². The molecule has 28 heavy (non-hydrogen) atoms. The summed E-state index contributed by atoms with van der Waals surface area (Å²) in [6.45, 7) is 5.49. The van der Waals surface area contributed by atoms with Gasteiger partial charge >= 0.3 is 6.09 Å². The average Bonchev–Trinajstić information content (AvgIpc) is 2.63. The Morgan fingerprint density at radius 2 is 1.96 bits per heavy atom. The Kier molecular flexibility index (Phi) is 7.39. The summed E-state index contributed by atoms with van der Waals surface area (Å²) in [4.78, 5) is 28.8. The van der Waals surface area contributed by atoms with Crippen LogP contribution in [0.3, 0.4) is 0 Å². The summed E-state index contributed by atoms with van der Waals surface area (Å²) < 4.78 is 11.3. The van der Waals surface area contributed by atoms with Crippen molar-refractivity contribution in [1.29, 1.82) is 0 Å². The summed E-state index contributed by atoms with van der Waals surface area (Å²) >= 11 is 3.33. The molecule has 1 aromatic carbocycles. The van der Waals surface area contributed by atoms with E-state index in [9.17, 15) is 9.59 Å². The highest BCUT2D eigenvalue weighted by atomic mass is 79.9. The summed E-state index contributed by atoms with van der Waals surface area (Å²) in [5.41, 5.74) is 0.428. The normalized spacial score (nSPS) is 12.0. The summed E-state index contributed by atoms with van der Waals surface area (Å²) in [5, 5.41) is 5.60. The first-order valence-corrected chi connectivity index (χ1v) is 9.50. The van der Waals surface area contributed by atoms with Gasteiger partial charge in [-0.1, -0.05) is 28.1 Å². The molecule has 0 saturated carbocycles. The van der Waals surface area contributed by atoms with E-state index in [-0.39, 0.29) is 18.1 Å². The molecule has 8 heteroatoms. The van der Waals surface area contributed by atoms with Gasteiger partial charge in [0.1, 0.15) is 17.0 Å². The molecule has 1 unspecified atom stereocenters. The van der Waals surface area contributed by atoms with Crippen LogP contribution in [0.4, 0.5) is 4.79 Å². The molecule has 1 heterocycles. The molecule has 0 aliphatic heterocycles. The van der Waals surface area contributed by atoms with Crippen molar-refractivity contribution in [2.45, 2.75) is 32.4 Å². The molecule has 1 aromatic heterocycles. The lowest BCUT2D eigenvalue weighted by Gasteiger charge is -2.23. The van der Waals surface area contributed by atoms with Crippen LogP contribution in [0.1, 0.15) is 42.9 Å². The number of nitrogens with one attached hydrogen (secondary N) is 2. The molecule has 0 aliphatic carbocycles. The van der Waals surface area contributed by atoms with E-state index in [2.05, 4.69) is 31.5 Å². The van der Waals surface area contributed by atoms with Crippen LogP contribution in [0.25, 0.3) is 0 Å². The molecule has 7 nitrogen and oxygen atoms in total. The lowest BCUT2D eigenvalue weighted by Crippen LogP contribution is -2.40. The van der Waals surface area contributed by atoms with Crippen molar-refractivity contribution >= 4 is 27.9 Å². The quantitative estimate of drug-likeness (QED) is 0.698. The first-order valence-electron chi connectivity index (χ1n) is 8.71. The number of hydrogen-bond donors (Lipinski definition) is 2. The van der Waals surface area contributed by atoms with Gasteiger partial charge in [0.25, 0.3) is 5.91 Å². The predicted molar refractivity (Wildman–Crippen MR) is 109 cm³/mol. The van der Waals surface area contributed by atoms with Gasteiger partial charge in [0, 0.05) is 17.2 Å². The number of ether oxygens (including phenoxy) is 2. The molecular formula is C20H24BrN3O4. The Balaban J connectivity index is 2.18. The monoisotopic (exact) mass is 449 g/mol. The van der Waals surface area contributed by atoms with E-state index >= 15 is 0 Å². The number of carbonyl (C=O) groups excluding carboxylic acids is 2. The topological polar surface area (TPSA) is 89.5 Å². The van der Waals surface area contributed by atoms with Gasteiger partial charge in [0.05, 0.1) is 13.2 Å². The molecule has 2 rings (SSSR count). The van der Waals surface area contributed by atoms with E-state index in [0.717, 1.165) is 10.0 Å². The van der Waals surface area contributed by atoms with E-state index < -0.39 is 17.7 Å². The number of rotatable bonds is 6. The van der Waals surface area contributed by atoms with E-state index in [4.69, 9.17) is 9.47 Å². The Labute approximate surface area is 173 Å². The molecule has 0 spiro atoms. The number of amides is 2. The van der Waals surface area contributed by atoms with Crippen LogP contribution in [-0.2, 0) is 4.74 Å². The Bertz CT molecular complexity index is 836. The van der Waals surface area contributed by atoms with Crippen molar-refractivity contribution < 1.29 is 19.1 Å². The van der Waals surface area contributed by atoms with E-state index in [1.807, 2.05) is 12.1 Å². The lowest BCUT2D eigenvalue weighted by atomic mass is 10.1. The molecule has 1 atom stereocenters. The number of hydrogen-bond acceptors (Lipinski definition) is 5. The first kappa shape index (κ1) is 21.7. The second kappa shape index (κ2) is 9.54. The highest BCUT2D eigenvalue weighted by molar-refractivity contribution is 9.10. The van der Waals surface area contributed by atoms with Crippen LogP contribution in [0.15, 0.2) is 47.1 Å². The van der Waals surface area contributed by atoms with Crippen molar-refractivity contribution in [1.82, 2.24) is 15.6 Å². The maximum atomic E-state index is 12.6. The van der Waals surface area contributed by atoms with Gasteiger partial charge in [0.15, 0.2) is 0 Å². The number of carbonyl (C=O) groups is 2. The van der Waals surface area contributed by atoms with E-state index in [1.54, 1.807) is 58.3 Å². The predicted octanol–water partition coefficient (Wildman–Crippen LogP) is 3.85. The molecule has 0 radical (unpaired) electrons. The standard InChI is InChI=1S/C20H24BrN3O4/c1-20(2,3)28-19(26)23-12-17(13-6-5-7-15(10-13)27-4)24-18(25)16-11-14(21)8-9-22-16/h5-11,17H,12H2,1-4H3,(H,23,26)(H,24,25). The van der Waals surface area contributed by atoms with Crippen molar-refractivity contribution in [3.63, 3.8) is 0 Å². The van der Waals surface area contributed by atoms with Crippen LogP contribution in [0, 0.1) is 0 Å². The van der Waals surface area contributed by atoms with E-state index in [1.165, 1.54) is 0 Å². The molecular weight excluding hydrogens is 426 g/mol. The molecule has 2 amide bonds. The van der Waals surface area contributed by atoms with Crippen LogP contribution in [-0.4, -0.2) is 36.2 Å². The van der Waals surface area contributed by atoms with Gasteiger partial charge in [-0.05, 0) is 50.6 Å². The number of nitrogens with zero attached hydrogens (tertiary/aromatic N) is 1. The second-order valence-electron chi connectivity index (χ2n) is 7.04. The van der Waals surface area contributed by atoms with E-state index in [0.29, 0.717) is 5.75 Å². The zero-order valence-electron chi connectivity index (χ0n) is 16.3. The summed E-state index contributed by atoms with van der Waals surface area (Å²) in [5.74, 6) is 0.287. The fourth-order valence-electron chi connectivity index (χ4n) is 2.37. The van der Waals surface area contributed by atoms with Crippen LogP contribution in [0.5, 0.6) is 5.75 Å². The molecule has 0 saturated heterocycles. The molecule has 0 aliphatic rings. The fourth-order valence-corrected chi connectivity index (χ4v) is 2.71. The van der Waals surface area contributed by atoms with Gasteiger partial charge in [-0.3, -0.25) is 9.78 Å².